The molecule has 0 aromatic carbocycles. The van der Waals surface area contributed by atoms with E-state index in [4.69, 9.17) is 9.47 Å². The van der Waals surface area contributed by atoms with E-state index in [9.17, 15) is 9.59 Å². The van der Waals surface area contributed by atoms with Gasteiger partial charge in [-0.25, -0.2) is 0 Å². The fraction of sp³-hybridized carbons (Fsp3) is 0.923. The largest absolute Gasteiger partial charge is 0.466 e. The maximum atomic E-state index is 11.6. The molecule has 0 atom stereocenters. The normalized spacial score (nSPS) is 11.3. The first kappa shape index (κ1) is 28.9. The van der Waals surface area contributed by atoms with Gasteiger partial charge in [0.25, 0.3) is 0 Å². The van der Waals surface area contributed by atoms with Gasteiger partial charge in [0.1, 0.15) is 0 Å². The number of unbranched alkanes of at least 4 members (excludes halogenated alkanes) is 11. The van der Waals surface area contributed by atoms with Crippen LogP contribution < -0.4 is 0 Å². The van der Waals surface area contributed by atoms with Gasteiger partial charge in [0.05, 0.1) is 13.2 Å². The fourth-order valence-corrected chi connectivity index (χ4v) is 3.27. The second kappa shape index (κ2) is 21.2. The van der Waals surface area contributed by atoms with Crippen LogP contribution in [0.15, 0.2) is 0 Å². The van der Waals surface area contributed by atoms with E-state index in [1.165, 1.54) is 51.4 Å². The summed E-state index contributed by atoms with van der Waals surface area (Å²) in [5.41, 5.74) is 0. The van der Waals surface area contributed by atoms with Gasteiger partial charge >= 0.3 is 11.9 Å². The molecule has 0 fully saturated rings. The zero-order valence-electron chi connectivity index (χ0n) is 20.5. The molecule has 4 nitrogen and oxygen atoms in total. The number of ether oxygens (including phenoxy) is 2. The molecule has 0 rings (SSSR count). The molecule has 0 aromatic rings. The highest BCUT2D eigenvalue weighted by Crippen LogP contribution is 2.13. The van der Waals surface area contributed by atoms with Gasteiger partial charge in [-0.05, 0) is 37.5 Å². The van der Waals surface area contributed by atoms with Crippen molar-refractivity contribution < 1.29 is 19.1 Å². The first-order valence-electron chi connectivity index (χ1n) is 12.7. The lowest BCUT2D eigenvalue weighted by Crippen LogP contribution is -2.07. The van der Waals surface area contributed by atoms with Gasteiger partial charge in [-0.2, -0.15) is 0 Å². The second-order valence-electron chi connectivity index (χ2n) is 9.55. The summed E-state index contributed by atoms with van der Waals surface area (Å²) < 4.78 is 10.5. The quantitative estimate of drug-likeness (QED) is 0.140. The molecular weight excluding hydrogens is 376 g/mol. The summed E-state index contributed by atoms with van der Waals surface area (Å²) in [5.74, 6) is 1.12. The van der Waals surface area contributed by atoms with Gasteiger partial charge < -0.3 is 9.47 Å². The Hall–Kier alpha value is -1.06. The first-order valence-corrected chi connectivity index (χ1v) is 12.7. The van der Waals surface area contributed by atoms with Crippen LogP contribution in [-0.4, -0.2) is 25.2 Å². The molecule has 0 unspecified atom stereocenters. The maximum Gasteiger partial charge on any atom is 0.305 e. The molecule has 0 radical (unpaired) electrons. The third-order valence-corrected chi connectivity index (χ3v) is 5.43. The van der Waals surface area contributed by atoms with Crippen molar-refractivity contribution in [2.75, 3.05) is 13.2 Å². The smallest absolute Gasteiger partial charge is 0.305 e. The lowest BCUT2D eigenvalue weighted by molar-refractivity contribution is -0.145. The highest BCUT2D eigenvalue weighted by Gasteiger charge is 2.04. The molecule has 0 aromatic heterocycles. The fourth-order valence-electron chi connectivity index (χ4n) is 3.27. The molecule has 178 valence electrons. The molecule has 0 aliphatic rings. The predicted octanol–water partition coefficient (Wildman–Crippen LogP) is 7.63. The van der Waals surface area contributed by atoms with E-state index < -0.39 is 0 Å². The summed E-state index contributed by atoms with van der Waals surface area (Å²) in [6.07, 6.45) is 17.5. The Kier molecular flexibility index (Phi) is 20.4. The van der Waals surface area contributed by atoms with E-state index in [-0.39, 0.29) is 11.9 Å². The lowest BCUT2D eigenvalue weighted by Gasteiger charge is -2.07. The Balaban J connectivity index is 3.21. The Morgan fingerprint density at radius 3 is 1.03 bits per heavy atom. The van der Waals surface area contributed by atoms with Gasteiger partial charge in [-0.1, -0.05) is 91.9 Å². The van der Waals surface area contributed by atoms with Gasteiger partial charge in [0.15, 0.2) is 0 Å². The average Bonchev–Trinajstić information content (AvgIpc) is 2.67. The summed E-state index contributed by atoms with van der Waals surface area (Å²) in [6.45, 7) is 9.71. The molecular formula is C26H50O4. The minimum Gasteiger partial charge on any atom is -0.466 e. The van der Waals surface area contributed by atoms with Crippen LogP contribution in [0.2, 0.25) is 0 Å². The number of rotatable bonds is 21. The number of hydrogen-bond donors (Lipinski definition) is 0. The summed E-state index contributed by atoms with van der Waals surface area (Å²) in [4.78, 5) is 23.2. The summed E-state index contributed by atoms with van der Waals surface area (Å²) in [7, 11) is 0. The molecule has 0 heterocycles. The van der Waals surface area contributed by atoms with E-state index >= 15 is 0 Å². The summed E-state index contributed by atoms with van der Waals surface area (Å²) in [6, 6.07) is 0. The summed E-state index contributed by atoms with van der Waals surface area (Å²) >= 11 is 0. The van der Waals surface area contributed by atoms with Crippen molar-refractivity contribution in [3.8, 4) is 0 Å². The number of carbonyl (C=O) groups excluding carboxylic acids is 2. The van der Waals surface area contributed by atoms with Crippen molar-refractivity contribution in [1.29, 1.82) is 0 Å². The SMILES string of the molecule is CC(C)CCOC(=O)CCCCCCCCCCCCCCC(=O)OCCC(C)C. The Morgan fingerprint density at radius 1 is 0.500 bits per heavy atom. The van der Waals surface area contributed by atoms with E-state index in [1.54, 1.807) is 0 Å². The van der Waals surface area contributed by atoms with Gasteiger partial charge in [0, 0.05) is 12.8 Å². The monoisotopic (exact) mass is 426 g/mol. The molecule has 0 bridgehead atoms. The van der Waals surface area contributed by atoms with Crippen molar-refractivity contribution in [2.45, 2.75) is 130 Å². The van der Waals surface area contributed by atoms with Crippen LogP contribution in [-0.2, 0) is 19.1 Å². The van der Waals surface area contributed by atoms with Crippen LogP contribution in [0.25, 0.3) is 0 Å². The minimum atomic E-state index is -0.0290. The molecule has 0 amide bonds. The minimum absolute atomic E-state index is 0.0290. The predicted molar refractivity (Wildman–Crippen MR) is 125 cm³/mol. The Morgan fingerprint density at radius 2 is 0.767 bits per heavy atom. The van der Waals surface area contributed by atoms with Crippen LogP contribution in [0.3, 0.4) is 0 Å². The van der Waals surface area contributed by atoms with Crippen molar-refractivity contribution in [2.24, 2.45) is 11.8 Å². The van der Waals surface area contributed by atoms with Crippen molar-refractivity contribution >= 4 is 11.9 Å². The molecule has 0 spiro atoms. The number of carbonyl (C=O) groups is 2. The van der Waals surface area contributed by atoms with E-state index in [0.29, 0.717) is 37.9 Å². The molecule has 0 aliphatic heterocycles. The summed E-state index contributed by atoms with van der Waals surface area (Å²) in [5, 5.41) is 0. The molecule has 0 aliphatic carbocycles. The van der Waals surface area contributed by atoms with Crippen molar-refractivity contribution in [3.05, 3.63) is 0 Å². The molecule has 0 saturated heterocycles. The highest BCUT2D eigenvalue weighted by atomic mass is 16.5. The van der Waals surface area contributed by atoms with E-state index in [1.807, 2.05) is 0 Å². The van der Waals surface area contributed by atoms with Crippen LogP contribution >= 0.6 is 0 Å². The van der Waals surface area contributed by atoms with Gasteiger partial charge in [-0.15, -0.1) is 0 Å². The topological polar surface area (TPSA) is 52.6 Å². The number of hydrogen-bond acceptors (Lipinski definition) is 4. The first-order chi connectivity index (χ1) is 14.4. The van der Waals surface area contributed by atoms with Crippen LogP contribution in [0, 0.1) is 11.8 Å². The highest BCUT2D eigenvalue weighted by molar-refractivity contribution is 5.69. The van der Waals surface area contributed by atoms with E-state index in [0.717, 1.165) is 38.5 Å². The van der Waals surface area contributed by atoms with Crippen LogP contribution in [0.5, 0.6) is 0 Å². The molecule has 4 heteroatoms. The number of esters is 2. The molecule has 30 heavy (non-hydrogen) atoms. The van der Waals surface area contributed by atoms with Crippen LogP contribution in [0.1, 0.15) is 130 Å². The zero-order chi connectivity index (χ0) is 22.5. The lowest BCUT2D eigenvalue weighted by atomic mass is 10.0. The van der Waals surface area contributed by atoms with Gasteiger partial charge in [0.2, 0.25) is 0 Å². The Bertz CT molecular complexity index is 366. The molecule has 0 saturated carbocycles. The van der Waals surface area contributed by atoms with Crippen LogP contribution in [0.4, 0.5) is 0 Å². The van der Waals surface area contributed by atoms with Gasteiger partial charge in [-0.3, -0.25) is 9.59 Å². The average molecular weight is 427 g/mol. The Labute approximate surface area is 186 Å². The third kappa shape index (κ3) is 23.2. The molecule has 0 N–H and O–H groups in total. The van der Waals surface area contributed by atoms with Crippen molar-refractivity contribution in [1.82, 2.24) is 0 Å². The zero-order valence-corrected chi connectivity index (χ0v) is 20.5. The standard InChI is InChI=1S/C26H50O4/c1-23(2)19-21-29-25(27)17-15-13-11-9-7-5-6-8-10-12-14-16-18-26(28)30-22-20-24(3)4/h23-24H,5-22H2,1-4H3. The second-order valence-corrected chi connectivity index (χ2v) is 9.55. The van der Waals surface area contributed by atoms with E-state index in [2.05, 4.69) is 27.7 Å². The third-order valence-electron chi connectivity index (χ3n) is 5.43. The van der Waals surface area contributed by atoms with Crippen molar-refractivity contribution in [3.63, 3.8) is 0 Å². The maximum absolute atomic E-state index is 11.6.